The Balaban J connectivity index is 2.22. The molecule has 0 N–H and O–H groups in total. The molecule has 1 aromatic carbocycles. The first-order valence-electron chi connectivity index (χ1n) is 6.34. The van der Waals surface area contributed by atoms with Crippen LogP contribution in [0.3, 0.4) is 0 Å². The highest BCUT2D eigenvalue weighted by Gasteiger charge is 2.15. The number of benzene rings is 1. The van der Waals surface area contributed by atoms with Crippen molar-refractivity contribution >= 4 is 0 Å². The fourth-order valence-electron chi connectivity index (χ4n) is 2.46. The number of methoxy groups -OCH3 is 1. The Morgan fingerprint density at radius 1 is 1.24 bits per heavy atom. The molecule has 0 heterocycles. The third-order valence-electron chi connectivity index (χ3n) is 3.42. The summed E-state index contributed by atoms with van der Waals surface area (Å²) in [6.07, 6.45) is 10.2. The Hall–Kier alpha value is -1.50. The molecule has 17 heavy (non-hydrogen) atoms. The quantitative estimate of drug-likeness (QED) is 0.739. The lowest BCUT2D eigenvalue weighted by Crippen LogP contribution is -2.03. The Kier molecular flexibility index (Phi) is 4.03. The average Bonchev–Trinajstić information content (AvgIpc) is 2.42. The van der Waals surface area contributed by atoms with Crippen LogP contribution in [0.4, 0.5) is 0 Å². The van der Waals surface area contributed by atoms with Crippen molar-refractivity contribution in [3.05, 3.63) is 53.6 Å². The van der Waals surface area contributed by atoms with Gasteiger partial charge in [0.2, 0.25) is 0 Å². The van der Waals surface area contributed by atoms with Crippen LogP contribution in [0.2, 0.25) is 0 Å². The van der Waals surface area contributed by atoms with Crippen molar-refractivity contribution in [1.82, 2.24) is 0 Å². The van der Waals surface area contributed by atoms with Gasteiger partial charge in [0.1, 0.15) is 5.75 Å². The number of hydrogen-bond donors (Lipinski definition) is 0. The van der Waals surface area contributed by atoms with Crippen LogP contribution in [0.25, 0.3) is 0 Å². The van der Waals surface area contributed by atoms with E-state index in [1.54, 1.807) is 12.7 Å². The van der Waals surface area contributed by atoms with Gasteiger partial charge in [-0.05, 0) is 37.0 Å². The molecule has 0 fully saturated rings. The zero-order valence-corrected chi connectivity index (χ0v) is 10.6. The summed E-state index contributed by atoms with van der Waals surface area (Å²) < 4.78 is 5.20. The predicted molar refractivity (Wildman–Crippen MR) is 72.5 cm³/mol. The van der Waals surface area contributed by atoms with E-state index in [-0.39, 0.29) is 0 Å². The van der Waals surface area contributed by atoms with Crippen molar-refractivity contribution < 1.29 is 4.74 Å². The van der Waals surface area contributed by atoms with Gasteiger partial charge in [0.15, 0.2) is 0 Å². The normalized spacial score (nSPS) is 16.5. The molecule has 0 aliphatic heterocycles. The van der Waals surface area contributed by atoms with Crippen molar-refractivity contribution in [1.29, 1.82) is 0 Å². The Labute approximate surface area is 104 Å². The van der Waals surface area contributed by atoms with Gasteiger partial charge >= 0.3 is 0 Å². The highest BCUT2D eigenvalue weighted by atomic mass is 16.5. The van der Waals surface area contributed by atoms with E-state index < -0.39 is 0 Å². The maximum Gasteiger partial charge on any atom is 0.118 e. The Morgan fingerprint density at radius 3 is 2.53 bits per heavy atom. The Morgan fingerprint density at radius 2 is 2.00 bits per heavy atom. The van der Waals surface area contributed by atoms with Crippen LogP contribution in [0.5, 0.6) is 5.75 Å². The maximum absolute atomic E-state index is 5.20. The molecule has 0 saturated heterocycles. The third-order valence-corrected chi connectivity index (χ3v) is 3.42. The molecule has 1 aliphatic carbocycles. The number of allylic oxidation sites excluding steroid dienone is 4. The van der Waals surface area contributed by atoms with Crippen molar-refractivity contribution in [3.63, 3.8) is 0 Å². The predicted octanol–water partition coefficient (Wildman–Crippen LogP) is 4.47. The molecular formula is C16H20O. The zero-order chi connectivity index (χ0) is 12.1. The first kappa shape index (κ1) is 12.0. The van der Waals surface area contributed by atoms with Gasteiger partial charge in [-0.2, -0.15) is 0 Å². The van der Waals surface area contributed by atoms with E-state index in [0.717, 1.165) is 12.2 Å². The summed E-state index contributed by atoms with van der Waals surface area (Å²) in [5, 5.41) is 0. The van der Waals surface area contributed by atoms with Crippen LogP contribution in [0, 0.1) is 0 Å². The van der Waals surface area contributed by atoms with Crippen molar-refractivity contribution in [2.24, 2.45) is 0 Å². The summed E-state index contributed by atoms with van der Waals surface area (Å²) in [6.45, 7) is 2.26. The summed E-state index contributed by atoms with van der Waals surface area (Å²) in [4.78, 5) is 0. The molecule has 0 radical (unpaired) electrons. The van der Waals surface area contributed by atoms with Gasteiger partial charge in [0, 0.05) is 5.92 Å². The van der Waals surface area contributed by atoms with E-state index in [2.05, 4.69) is 49.4 Å². The average molecular weight is 228 g/mol. The molecule has 1 atom stereocenters. The minimum absolute atomic E-state index is 0.561. The van der Waals surface area contributed by atoms with Crippen LogP contribution < -0.4 is 4.74 Å². The van der Waals surface area contributed by atoms with Gasteiger partial charge in [-0.25, -0.2) is 0 Å². The van der Waals surface area contributed by atoms with Gasteiger partial charge in [-0.1, -0.05) is 42.9 Å². The van der Waals surface area contributed by atoms with E-state index in [0.29, 0.717) is 5.92 Å². The van der Waals surface area contributed by atoms with Gasteiger partial charge in [0.05, 0.1) is 7.11 Å². The van der Waals surface area contributed by atoms with Crippen molar-refractivity contribution in [3.8, 4) is 5.75 Å². The second kappa shape index (κ2) is 5.72. The molecule has 0 aromatic heterocycles. The summed E-state index contributed by atoms with van der Waals surface area (Å²) in [7, 11) is 1.71. The smallest absolute Gasteiger partial charge is 0.118 e. The van der Waals surface area contributed by atoms with E-state index in [4.69, 9.17) is 4.74 Å². The molecule has 0 bridgehead atoms. The highest BCUT2D eigenvalue weighted by Crippen LogP contribution is 2.33. The molecule has 1 aromatic rings. The number of hydrogen-bond acceptors (Lipinski definition) is 1. The van der Waals surface area contributed by atoms with Crippen LogP contribution in [-0.2, 0) is 0 Å². The summed E-state index contributed by atoms with van der Waals surface area (Å²) in [6, 6.07) is 8.48. The second-order valence-corrected chi connectivity index (χ2v) is 4.44. The summed E-state index contributed by atoms with van der Waals surface area (Å²) in [5.41, 5.74) is 2.95. The lowest BCUT2D eigenvalue weighted by molar-refractivity contribution is 0.414. The molecule has 1 heteroatoms. The molecule has 90 valence electrons. The topological polar surface area (TPSA) is 9.23 Å². The molecule has 1 nitrogen and oxygen atoms in total. The summed E-state index contributed by atoms with van der Waals surface area (Å²) >= 11 is 0. The molecule has 0 amide bonds. The monoisotopic (exact) mass is 228 g/mol. The SMILES string of the molecule is CCC(C1=CC=CCC1)c1ccc(OC)cc1. The first-order valence-corrected chi connectivity index (χ1v) is 6.34. The second-order valence-electron chi connectivity index (χ2n) is 4.44. The lowest BCUT2D eigenvalue weighted by Gasteiger charge is -2.21. The largest absolute Gasteiger partial charge is 0.497 e. The number of ether oxygens (including phenoxy) is 1. The molecule has 0 spiro atoms. The maximum atomic E-state index is 5.20. The fraction of sp³-hybridized carbons (Fsp3) is 0.375. The van der Waals surface area contributed by atoms with Crippen LogP contribution in [-0.4, -0.2) is 7.11 Å². The molecule has 1 aliphatic rings. The van der Waals surface area contributed by atoms with E-state index in [1.807, 2.05) is 0 Å². The van der Waals surface area contributed by atoms with Gasteiger partial charge < -0.3 is 4.74 Å². The molecular weight excluding hydrogens is 208 g/mol. The van der Waals surface area contributed by atoms with Gasteiger partial charge in [0.25, 0.3) is 0 Å². The van der Waals surface area contributed by atoms with Crippen molar-refractivity contribution in [2.75, 3.05) is 7.11 Å². The summed E-state index contributed by atoms with van der Waals surface area (Å²) in [5.74, 6) is 1.49. The van der Waals surface area contributed by atoms with Crippen LogP contribution >= 0.6 is 0 Å². The first-order chi connectivity index (χ1) is 8.35. The van der Waals surface area contributed by atoms with E-state index in [1.165, 1.54) is 18.4 Å². The molecule has 2 rings (SSSR count). The third kappa shape index (κ3) is 2.79. The van der Waals surface area contributed by atoms with Gasteiger partial charge in [-0.15, -0.1) is 0 Å². The van der Waals surface area contributed by atoms with Crippen molar-refractivity contribution in [2.45, 2.75) is 32.1 Å². The highest BCUT2D eigenvalue weighted by molar-refractivity contribution is 5.36. The Bertz CT molecular complexity index is 412. The lowest BCUT2D eigenvalue weighted by atomic mass is 9.85. The van der Waals surface area contributed by atoms with Gasteiger partial charge in [-0.3, -0.25) is 0 Å². The van der Waals surface area contributed by atoms with E-state index >= 15 is 0 Å². The molecule has 1 unspecified atom stereocenters. The standard InChI is InChI=1S/C16H20O/c1-3-16(13-7-5-4-6-8-13)14-9-11-15(17-2)12-10-14/h4-5,7,9-12,16H,3,6,8H2,1-2H3. The molecule has 0 saturated carbocycles. The van der Waals surface area contributed by atoms with E-state index in [9.17, 15) is 0 Å². The fourth-order valence-corrected chi connectivity index (χ4v) is 2.46. The van der Waals surface area contributed by atoms with Crippen LogP contribution in [0.15, 0.2) is 48.1 Å². The minimum Gasteiger partial charge on any atom is -0.497 e. The zero-order valence-electron chi connectivity index (χ0n) is 10.6. The minimum atomic E-state index is 0.561. The number of rotatable bonds is 4. The van der Waals surface area contributed by atoms with Crippen LogP contribution in [0.1, 0.15) is 37.7 Å².